The molecule has 4 rings (SSSR count). The fourth-order valence-electron chi connectivity index (χ4n) is 2.53. The highest BCUT2D eigenvalue weighted by molar-refractivity contribution is 8.16. The van der Waals surface area contributed by atoms with E-state index < -0.39 is 0 Å². The van der Waals surface area contributed by atoms with Crippen LogP contribution in [0.5, 0.6) is 5.75 Å². The molecule has 8 heteroatoms. The lowest BCUT2D eigenvalue weighted by Crippen LogP contribution is -2.24. The van der Waals surface area contributed by atoms with Gasteiger partial charge in [0.1, 0.15) is 5.75 Å². The number of carbonyl (C=O) groups is 1. The molecule has 0 spiro atoms. The Kier molecular flexibility index (Phi) is 3.70. The van der Waals surface area contributed by atoms with E-state index in [0.717, 1.165) is 39.9 Å². The summed E-state index contributed by atoms with van der Waals surface area (Å²) in [5.41, 5.74) is 1.86. The molecule has 2 aliphatic heterocycles. The fraction of sp³-hybridized carbons (Fsp3) is 0.267. The lowest BCUT2D eigenvalue weighted by molar-refractivity contribution is -0.115. The number of anilines is 1. The van der Waals surface area contributed by atoms with Gasteiger partial charge in [-0.05, 0) is 23.6 Å². The van der Waals surface area contributed by atoms with Crippen molar-refractivity contribution >= 4 is 49.5 Å². The summed E-state index contributed by atoms with van der Waals surface area (Å²) in [6, 6.07) is 5.68. The molecule has 1 N–H and O–H groups in total. The zero-order valence-corrected chi connectivity index (χ0v) is 14.0. The molecule has 6 nitrogen and oxygen atoms in total. The van der Waals surface area contributed by atoms with Gasteiger partial charge < -0.3 is 15.0 Å². The van der Waals surface area contributed by atoms with E-state index in [2.05, 4.69) is 20.2 Å². The number of aliphatic imine (C=N–C) groups is 1. The van der Waals surface area contributed by atoms with Crippen LogP contribution in [0.1, 0.15) is 6.42 Å². The van der Waals surface area contributed by atoms with Gasteiger partial charge in [0.05, 0.1) is 30.3 Å². The Balaban J connectivity index is 1.45. The number of nitrogens with one attached hydrogen (secondary N) is 1. The van der Waals surface area contributed by atoms with Crippen molar-refractivity contribution in [1.82, 2.24) is 9.88 Å². The number of benzene rings is 1. The maximum atomic E-state index is 12.3. The second kappa shape index (κ2) is 5.86. The number of hydrogen-bond donors (Lipinski definition) is 1. The minimum absolute atomic E-state index is 0.0592. The second-order valence-corrected chi connectivity index (χ2v) is 6.99. The molecule has 0 saturated carbocycles. The van der Waals surface area contributed by atoms with Gasteiger partial charge in [-0.1, -0.05) is 23.1 Å². The molecular formula is C15H14N4O2S2. The zero-order valence-electron chi connectivity index (χ0n) is 12.4. The summed E-state index contributed by atoms with van der Waals surface area (Å²) >= 11 is 3.03. The molecule has 0 saturated heterocycles. The summed E-state index contributed by atoms with van der Waals surface area (Å²) in [6.45, 7) is 1.67. The minimum Gasteiger partial charge on any atom is -0.497 e. The lowest BCUT2D eigenvalue weighted by atomic mass is 10.3. The Morgan fingerprint density at radius 1 is 1.48 bits per heavy atom. The molecule has 23 heavy (non-hydrogen) atoms. The molecule has 1 amide bonds. The first-order valence-electron chi connectivity index (χ1n) is 7.15. The number of rotatable bonds is 4. The topological polar surface area (TPSA) is 66.8 Å². The third-order valence-corrected chi connectivity index (χ3v) is 5.52. The van der Waals surface area contributed by atoms with Crippen LogP contribution in [0, 0.1) is 0 Å². The van der Waals surface area contributed by atoms with Crippen LogP contribution in [0.4, 0.5) is 5.13 Å². The van der Waals surface area contributed by atoms with Gasteiger partial charge in [-0.15, -0.1) is 0 Å². The third kappa shape index (κ3) is 2.79. The predicted molar refractivity (Wildman–Crippen MR) is 94.1 cm³/mol. The van der Waals surface area contributed by atoms with Gasteiger partial charge in [0, 0.05) is 12.2 Å². The largest absolute Gasteiger partial charge is 0.497 e. The van der Waals surface area contributed by atoms with Gasteiger partial charge >= 0.3 is 0 Å². The van der Waals surface area contributed by atoms with Gasteiger partial charge in [0.2, 0.25) is 5.91 Å². The summed E-state index contributed by atoms with van der Waals surface area (Å²) in [4.78, 5) is 23.2. The van der Waals surface area contributed by atoms with Gasteiger partial charge in [-0.2, -0.15) is 0 Å². The van der Waals surface area contributed by atoms with Gasteiger partial charge in [-0.25, -0.2) is 4.98 Å². The van der Waals surface area contributed by atoms with E-state index in [1.165, 1.54) is 11.3 Å². The average Bonchev–Trinajstić information content (AvgIpc) is 3.22. The number of aromatic nitrogens is 1. The Hall–Kier alpha value is -2.06. The molecule has 0 fully saturated rings. The first kappa shape index (κ1) is 14.5. The molecule has 3 heterocycles. The van der Waals surface area contributed by atoms with E-state index in [4.69, 9.17) is 4.74 Å². The number of thioether (sulfide) groups is 1. The first-order valence-corrected chi connectivity index (χ1v) is 8.85. The molecule has 0 atom stereocenters. The van der Waals surface area contributed by atoms with Gasteiger partial charge in [0.25, 0.3) is 0 Å². The summed E-state index contributed by atoms with van der Waals surface area (Å²) in [7, 11) is 1.63. The van der Waals surface area contributed by atoms with Gasteiger partial charge in [-0.3, -0.25) is 9.79 Å². The Bertz CT molecular complexity index is 843. The molecule has 2 aromatic rings. The molecule has 2 aliphatic rings. The van der Waals surface area contributed by atoms with Crippen LogP contribution in [-0.2, 0) is 4.79 Å². The van der Waals surface area contributed by atoms with Crippen molar-refractivity contribution in [1.29, 1.82) is 0 Å². The molecule has 1 aromatic carbocycles. The van der Waals surface area contributed by atoms with Crippen molar-refractivity contribution < 1.29 is 9.53 Å². The van der Waals surface area contributed by atoms with Crippen LogP contribution >= 0.6 is 23.1 Å². The van der Waals surface area contributed by atoms with Gasteiger partial charge in [0.15, 0.2) is 10.3 Å². The minimum atomic E-state index is -0.0592. The van der Waals surface area contributed by atoms with Crippen LogP contribution in [0.25, 0.3) is 10.2 Å². The maximum absolute atomic E-state index is 12.3. The van der Waals surface area contributed by atoms with Crippen LogP contribution in [0.3, 0.4) is 0 Å². The molecule has 1 aromatic heterocycles. The number of nitrogens with zero attached hydrogens (tertiary/aromatic N) is 3. The quantitative estimate of drug-likeness (QED) is 0.922. The molecule has 118 valence electrons. The highest BCUT2D eigenvalue weighted by Crippen LogP contribution is 2.32. The Labute approximate surface area is 141 Å². The number of ether oxygens (including phenoxy) is 1. The van der Waals surface area contributed by atoms with Crippen molar-refractivity contribution in [2.24, 2.45) is 4.99 Å². The number of thiazole rings is 1. The first-order chi connectivity index (χ1) is 11.2. The van der Waals surface area contributed by atoms with Crippen LogP contribution in [-0.4, -0.2) is 41.2 Å². The summed E-state index contributed by atoms with van der Waals surface area (Å²) in [6.07, 6.45) is 0.339. The smallest absolute Gasteiger partial charge is 0.232 e. The maximum Gasteiger partial charge on any atom is 0.232 e. The number of fused-ring (bicyclic) bond motifs is 2. The van der Waals surface area contributed by atoms with Crippen LogP contribution in [0.15, 0.2) is 34.3 Å². The SMILES string of the molecule is COc1ccc2nc(NC(=O)CC3=CSC4=NCCN34)sc2c1. The van der Waals surface area contributed by atoms with Crippen molar-refractivity contribution in [2.75, 3.05) is 25.5 Å². The van der Waals surface area contributed by atoms with Crippen LogP contribution < -0.4 is 10.1 Å². The van der Waals surface area contributed by atoms with E-state index >= 15 is 0 Å². The lowest BCUT2D eigenvalue weighted by Gasteiger charge is -2.15. The van der Waals surface area contributed by atoms with E-state index in [-0.39, 0.29) is 5.91 Å². The third-order valence-electron chi connectivity index (χ3n) is 3.63. The zero-order chi connectivity index (χ0) is 15.8. The Morgan fingerprint density at radius 2 is 2.39 bits per heavy atom. The van der Waals surface area contributed by atoms with Crippen molar-refractivity contribution in [2.45, 2.75) is 6.42 Å². The standard InChI is InChI=1S/C15H14N4O2S2/c1-21-10-2-3-11-12(7-10)23-14(17-11)18-13(20)6-9-8-22-15-16-4-5-19(9)15/h2-3,7-8H,4-6H2,1H3,(H,17,18,20). The van der Waals surface area contributed by atoms with Crippen LogP contribution in [0.2, 0.25) is 0 Å². The predicted octanol–water partition coefficient (Wildman–Crippen LogP) is 2.89. The van der Waals surface area contributed by atoms with E-state index in [9.17, 15) is 4.79 Å². The highest BCUT2D eigenvalue weighted by Gasteiger charge is 2.27. The number of hydrogen-bond acceptors (Lipinski definition) is 7. The summed E-state index contributed by atoms with van der Waals surface area (Å²) in [5.74, 6) is 0.726. The molecule has 0 bridgehead atoms. The van der Waals surface area contributed by atoms with Crippen molar-refractivity contribution in [3.8, 4) is 5.75 Å². The van der Waals surface area contributed by atoms with E-state index in [1.54, 1.807) is 18.9 Å². The van der Waals surface area contributed by atoms with Crippen molar-refractivity contribution in [3.05, 3.63) is 29.3 Å². The normalized spacial score (nSPS) is 16.3. The number of amides is 1. The fourth-order valence-corrected chi connectivity index (χ4v) is 4.39. The monoisotopic (exact) mass is 346 g/mol. The average molecular weight is 346 g/mol. The van der Waals surface area contributed by atoms with E-state index in [1.807, 2.05) is 23.6 Å². The summed E-state index contributed by atoms with van der Waals surface area (Å²) < 4.78 is 6.20. The molecule has 0 unspecified atom stereocenters. The molecule has 0 radical (unpaired) electrons. The van der Waals surface area contributed by atoms with E-state index in [0.29, 0.717) is 11.6 Å². The number of carbonyl (C=O) groups excluding carboxylic acids is 1. The number of amidine groups is 1. The Morgan fingerprint density at radius 3 is 3.26 bits per heavy atom. The molecular weight excluding hydrogens is 332 g/mol. The van der Waals surface area contributed by atoms with Crippen molar-refractivity contribution in [3.63, 3.8) is 0 Å². The molecule has 0 aliphatic carbocycles. The summed E-state index contributed by atoms with van der Waals surface area (Å²) in [5, 5.41) is 6.50. The number of methoxy groups -OCH3 is 1. The highest BCUT2D eigenvalue weighted by atomic mass is 32.2. The second-order valence-electron chi connectivity index (χ2n) is 5.12.